The molecule has 0 amide bonds. The molecule has 6 nitrogen and oxygen atoms in total. The van der Waals surface area contributed by atoms with Gasteiger partial charge in [-0.3, -0.25) is 0 Å². The monoisotopic (exact) mass is 169 g/mol. The van der Waals surface area contributed by atoms with Gasteiger partial charge in [-0.25, -0.2) is 4.68 Å². The minimum absolute atomic E-state index is 0.235. The Morgan fingerprint density at radius 3 is 2.92 bits per heavy atom. The Labute approximate surface area is 69.8 Å². The molecule has 0 saturated carbocycles. The SMILES string of the molecule is Cn1nnnc1N1CCC(O)C1. The molecule has 2 rings (SSSR count). The lowest BCUT2D eigenvalue weighted by molar-refractivity contribution is 0.198. The van der Waals surface area contributed by atoms with Gasteiger partial charge < -0.3 is 10.0 Å². The summed E-state index contributed by atoms with van der Waals surface area (Å²) in [6.45, 7) is 1.46. The first kappa shape index (κ1) is 7.48. The first-order valence-electron chi connectivity index (χ1n) is 3.93. The number of hydrogen-bond donors (Lipinski definition) is 1. The summed E-state index contributed by atoms with van der Waals surface area (Å²) >= 11 is 0. The van der Waals surface area contributed by atoms with Crippen molar-refractivity contribution in [2.24, 2.45) is 7.05 Å². The van der Waals surface area contributed by atoms with Crippen molar-refractivity contribution < 1.29 is 5.11 Å². The molecule has 1 aromatic rings. The predicted octanol–water partition coefficient (Wildman–Crippen LogP) is -1.22. The van der Waals surface area contributed by atoms with E-state index in [9.17, 15) is 5.11 Å². The molecule has 0 aromatic carbocycles. The zero-order valence-electron chi connectivity index (χ0n) is 6.88. The molecule has 1 fully saturated rings. The van der Waals surface area contributed by atoms with E-state index in [1.807, 2.05) is 4.90 Å². The van der Waals surface area contributed by atoms with Crippen molar-refractivity contribution in [3.05, 3.63) is 0 Å². The van der Waals surface area contributed by atoms with Gasteiger partial charge in [-0.1, -0.05) is 5.10 Å². The van der Waals surface area contributed by atoms with Crippen molar-refractivity contribution >= 4 is 5.95 Å². The van der Waals surface area contributed by atoms with Crippen LogP contribution in [0.5, 0.6) is 0 Å². The van der Waals surface area contributed by atoms with Crippen LogP contribution in [0.4, 0.5) is 5.95 Å². The zero-order valence-corrected chi connectivity index (χ0v) is 6.88. The van der Waals surface area contributed by atoms with Crippen LogP contribution in [0, 0.1) is 0 Å². The number of hydrogen-bond acceptors (Lipinski definition) is 5. The van der Waals surface area contributed by atoms with Crippen molar-refractivity contribution in [3.63, 3.8) is 0 Å². The molecule has 1 unspecified atom stereocenters. The lowest BCUT2D eigenvalue weighted by Gasteiger charge is -2.13. The fraction of sp³-hybridized carbons (Fsp3) is 0.833. The Bertz CT molecular complexity index is 273. The van der Waals surface area contributed by atoms with E-state index in [4.69, 9.17) is 0 Å². The van der Waals surface area contributed by atoms with Crippen LogP contribution in [0.1, 0.15) is 6.42 Å². The second-order valence-electron chi connectivity index (χ2n) is 2.99. The highest BCUT2D eigenvalue weighted by molar-refractivity contribution is 5.29. The van der Waals surface area contributed by atoms with Gasteiger partial charge in [0.15, 0.2) is 0 Å². The minimum Gasteiger partial charge on any atom is -0.391 e. The summed E-state index contributed by atoms with van der Waals surface area (Å²) in [6, 6.07) is 0. The molecule has 1 atom stereocenters. The second kappa shape index (κ2) is 2.71. The first-order chi connectivity index (χ1) is 5.77. The smallest absolute Gasteiger partial charge is 0.245 e. The second-order valence-corrected chi connectivity index (χ2v) is 2.99. The van der Waals surface area contributed by atoms with Gasteiger partial charge in [0.2, 0.25) is 5.95 Å². The first-order valence-corrected chi connectivity index (χ1v) is 3.93. The van der Waals surface area contributed by atoms with Crippen molar-refractivity contribution in [1.29, 1.82) is 0 Å². The van der Waals surface area contributed by atoms with E-state index in [1.165, 1.54) is 0 Å². The van der Waals surface area contributed by atoms with Crippen LogP contribution in [0.25, 0.3) is 0 Å². The van der Waals surface area contributed by atoms with E-state index < -0.39 is 0 Å². The highest BCUT2D eigenvalue weighted by Gasteiger charge is 2.23. The number of aliphatic hydroxyl groups is 1. The van der Waals surface area contributed by atoms with Gasteiger partial charge in [-0.2, -0.15) is 0 Å². The van der Waals surface area contributed by atoms with Gasteiger partial charge in [-0.15, -0.1) is 0 Å². The van der Waals surface area contributed by atoms with E-state index in [1.54, 1.807) is 11.7 Å². The Kier molecular flexibility index (Phi) is 1.69. The number of aliphatic hydroxyl groups excluding tert-OH is 1. The lowest BCUT2D eigenvalue weighted by Crippen LogP contribution is -2.24. The maximum absolute atomic E-state index is 9.27. The Balaban J connectivity index is 2.16. The topological polar surface area (TPSA) is 67.1 Å². The fourth-order valence-corrected chi connectivity index (χ4v) is 1.42. The highest BCUT2D eigenvalue weighted by atomic mass is 16.3. The third-order valence-corrected chi connectivity index (χ3v) is 2.04. The van der Waals surface area contributed by atoms with Crippen molar-refractivity contribution in [3.8, 4) is 0 Å². The summed E-state index contributed by atoms with van der Waals surface area (Å²) in [7, 11) is 1.79. The Hall–Kier alpha value is -1.17. The molecular formula is C6H11N5O. The molecule has 0 radical (unpaired) electrons. The van der Waals surface area contributed by atoms with Crippen LogP contribution in [0.15, 0.2) is 0 Å². The molecule has 0 spiro atoms. The average molecular weight is 169 g/mol. The van der Waals surface area contributed by atoms with Gasteiger partial charge >= 0.3 is 0 Å². The van der Waals surface area contributed by atoms with Gasteiger partial charge in [0.1, 0.15) is 0 Å². The van der Waals surface area contributed by atoms with E-state index in [0.717, 1.165) is 18.9 Å². The van der Waals surface area contributed by atoms with Crippen LogP contribution in [0.2, 0.25) is 0 Å². The molecule has 66 valence electrons. The fourth-order valence-electron chi connectivity index (χ4n) is 1.42. The summed E-state index contributed by atoms with van der Waals surface area (Å²) in [4.78, 5) is 1.98. The highest BCUT2D eigenvalue weighted by Crippen LogP contribution is 2.15. The number of tetrazole rings is 1. The summed E-state index contributed by atoms with van der Waals surface area (Å²) < 4.78 is 1.61. The normalized spacial score (nSPS) is 23.5. The van der Waals surface area contributed by atoms with Gasteiger partial charge in [-0.05, 0) is 16.8 Å². The maximum atomic E-state index is 9.27. The van der Waals surface area contributed by atoms with E-state index >= 15 is 0 Å². The molecule has 0 bridgehead atoms. The standard InChI is InChI=1S/C6H11N5O/c1-10-6(7-8-9-10)11-3-2-5(12)4-11/h5,12H,2-4H2,1H3. The molecular weight excluding hydrogens is 158 g/mol. The average Bonchev–Trinajstić information content (AvgIpc) is 2.58. The molecule has 6 heteroatoms. The number of aromatic nitrogens is 4. The predicted molar refractivity (Wildman–Crippen MR) is 41.6 cm³/mol. The maximum Gasteiger partial charge on any atom is 0.245 e. The van der Waals surface area contributed by atoms with Crippen LogP contribution >= 0.6 is 0 Å². The number of nitrogens with zero attached hydrogens (tertiary/aromatic N) is 5. The molecule has 0 aliphatic carbocycles. The number of anilines is 1. The van der Waals surface area contributed by atoms with Crippen LogP contribution in [0.3, 0.4) is 0 Å². The van der Waals surface area contributed by atoms with Crippen molar-refractivity contribution in [2.45, 2.75) is 12.5 Å². The summed E-state index contributed by atoms with van der Waals surface area (Å²) in [5, 5.41) is 20.4. The molecule has 1 N–H and O–H groups in total. The molecule has 1 saturated heterocycles. The number of β-amino-alcohol motifs (C(OH)–C–C–N with tert-alkyl or cyclic N) is 1. The quantitative estimate of drug-likeness (QED) is 0.571. The van der Waals surface area contributed by atoms with E-state index in [0.29, 0.717) is 6.54 Å². The van der Waals surface area contributed by atoms with Crippen molar-refractivity contribution in [2.75, 3.05) is 18.0 Å². The van der Waals surface area contributed by atoms with E-state index in [-0.39, 0.29) is 6.10 Å². The van der Waals surface area contributed by atoms with Gasteiger partial charge in [0, 0.05) is 20.1 Å². The van der Waals surface area contributed by atoms with Gasteiger partial charge in [0.25, 0.3) is 0 Å². The van der Waals surface area contributed by atoms with Crippen molar-refractivity contribution in [1.82, 2.24) is 20.2 Å². The van der Waals surface area contributed by atoms with E-state index in [2.05, 4.69) is 15.5 Å². The molecule has 12 heavy (non-hydrogen) atoms. The summed E-state index contributed by atoms with van der Waals surface area (Å²) in [5.41, 5.74) is 0. The summed E-state index contributed by atoms with van der Waals surface area (Å²) in [5.74, 6) is 0.728. The Morgan fingerprint density at radius 2 is 2.42 bits per heavy atom. The molecule has 1 aliphatic rings. The van der Waals surface area contributed by atoms with Crippen LogP contribution in [-0.4, -0.2) is 44.5 Å². The molecule has 1 aliphatic heterocycles. The number of aryl methyl sites for hydroxylation is 1. The largest absolute Gasteiger partial charge is 0.391 e. The number of rotatable bonds is 1. The summed E-state index contributed by atoms with van der Waals surface area (Å²) in [6.07, 6.45) is 0.564. The van der Waals surface area contributed by atoms with Crippen LogP contribution in [-0.2, 0) is 7.05 Å². The third-order valence-electron chi connectivity index (χ3n) is 2.04. The molecule has 2 heterocycles. The van der Waals surface area contributed by atoms with Gasteiger partial charge in [0.05, 0.1) is 6.10 Å². The minimum atomic E-state index is -0.235. The lowest BCUT2D eigenvalue weighted by atomic mass is 10.3. The molecule has 1 aromatic heterocycles. The Morgan fingerprint density at radius 1 is 1.58 bits per heavy atom. The van der Waals surface area contributed by atoms with Crippen LogP contribution < -0.4 is 4.90 Å². The zero-order chi connectivity index (χ0) is 8.55. The third kappa shape index (κ3) is 1.14.